The van der Waals surface area contributed by atoms with Crippen molar-refractivity contribution in [2.24, 2.45) is 0 Å². The number of thiol groups is 1. The average molecular weight is 184 g/mol. The summed E-state index contributed by atoms with van der Waals surface area (Å²) in [6, 6.07) is 0. The third kappa shape index (κ3) is 9.91. The van der Waals surface area contributed by atoms with Crippen LogP contribution in [0.25, 0.3) is 0 Å². The van der Waals surface area contributed by atoms with Crippen molar-refractivity contribution in [3.8, 4) is 12.3 Å². The minimum absolute atomic E-state index is 0.955. The second-order valence-corrected chi connectivity index (χ2v) is 3.60. The first kappa shape index (κ1) is 11.9. The first-order chi connectivity index (χ1) is 5.91. The lowest BCUT2D eigenvalue weighted by atomic mass is 10.1. The van der Waals surface area contributed by atoms with Crippen molar-refractivity contribution in [1.29, 1.82) is 0 Å². The van der Waals surface area contributed by atoms with Gasteiger partial charge in [0.2, 0.25) is 0 Å². The Bertz CT molecular complexity index is 113. The molecule has 0 aliphatic heterocycles. The highest BCUT2D eigenvalue weighted by Gasteiger charge is 1.89. The van der Waals surface area contributed by atoms with Gasteiger partial charge in [0.05, 0.1) is 0 Å². The summed E-state index contributed by atoms with van der Waals surface area (Å²) < 4.78 is 0. The van der Waals surface area contributed by atoms with Gasteiger partial charge in [0, 0.05) is 6.42 Å². The molecule has 0 saturated carbocycles. The molecule has 0 saturated heterocycles. The molecule has 0 nitrogen and oxygen atoms in total. The van der Waals surface area contributed by atoms with E-state index in [9.17, 15) is 0 Å². The van der Waals surface area contributed by atoms with E-state index in [0.29, 0.717) is 0 Å². The van der Waals surface area contributed by atoms with Crippen LogP contribution in [0.15, 0.2) is 0 Å². The molecule has 0 atom stereocenters. The van der Waals surface area contributed by atoms with E-state index in [4.69, 9.17) is 6.42 Å². The summed E-state index contributed by atoms with van der Waals surface area (Å²) in [5.74, 6) is 3.71. The zero-order valence-electron chi connectivity index (χ0n) is 7.89. The lowest BCUT2D eigenvalue weighted by Gasteiger charge is -1.98. The summed E-state index contributed by atoms with van der Waals surface area (Å²) in [4.78, 5) is 0. The molecule has 12 heavy (non-hydrogen) atoms. The highest BCUT2D eigenvalue weighted by atomic mass is 32.1. The molecule has 0 aromatic heterocycles. The summed E-state index contributed by atoms with van der Waals surface area (Å²) in [6.07, 6.45) is 15.3. The van der Waals surface area contributed by atoms with Gasteiger partial charge in [-0.3, -0.25) is 0 Å². The lowest BCUT2D eigenvalue weighted by Crippen LogP contribution is -1.80. The second kappa shape index (κ2) is 10.9. The standard InChI is InChI=1S/C11H20S/c1-2-3-4-5-6-7-8-9-10-11-12/h1,12H,3-11H2. The molecule has 0 heterocycles. The zero-order chi connectivity index (χ0) is 9.07. The maximum absolute atomic E-state index is 5.15. The molecule has 0 amide bonds. The SMILES string of the molecule is C#CCCCCCCCCCS. The van der Waals surface area contributed by atoms with E-state index in [0.717, 1.165) is 12.2 Å². The van der Waals surface area contributed by atoms with Crippen LogP contribution in [-0.4, -0.2) is 5.75 Å². The normalized spacial score (nSPS) is 9.67. The number of hydrogen-bond donors (Lipinski definition) is 1. The molecule has 0 aromatic carbocycles. The molecule has 0 aromatic rings. The van der Waals surface area contributed by atoms with E-state index in [1.54, 1.807) is 0 Å². The van der Waals surface area contributed by atoms with E-state index in [2.05, 4.69) is 18.5 Å². The third-order valence-corrected chi connectivity index (χ3v) is 2.30. The molecule has 0 aliphatic rings. The van der Waals surface area contributed by atoms with Gasteiger partial charge in [-0.25, -0.2) is 0 Å². The van der Waals surface area contributed by atoms with E-state index in [1.807, 2.05) is 0 Å². The highest BCUT2D eigenvalue weighted by Crippen LogP contribution is 2.08. The Labute approximate surface area is 82.5 Å². The van der Waals surface area contributed by atoms with Gasteiger partial charge in [-0.2, -0.15) is 12.6 Å². The Balaban J connectivity index is 2.78. The van der Waals surface area contributed by atoms with Crippen LogP contribution in [0, 0.1) is 12.3 Å². The van der Waals surface area contributed by atoms with Crippen LogP contribution in [0.1, 0.15) is 51.4 Å². The fourth-order valence-electron chi connectivity index (χ4n) is 1.22. The Morgan fingerprint density at radius 3 is 1.83 bits per heavy atom. The van der Waals surface area contributed by atoms with Crippen LogP contribution < -0.4 is 0 Å². The summed E-state index contributed by atoms with van der Waals surface area (Å²) >= 11 is 4.17. The Morgan fingerprint density at radius 1 is 0.833 bits per heavy atom. The molecular weight excluding hydrogens is 164 g/mol. The minimum Gasteiger partial charge on any atom is -0.179 e. The first-order valence-electron chi connectivity index (χ1n) is 4.96. The summed E-state index contributed by atoms with van der Waals surface area (Å²) in [6.45, 7) is 0. The summed E-state index contributed by atoms with van der Waals surface area (Å²) in [7, 11) is 0. The third-order valence-electron chi connectivity index (χ3n) is 1.98. The van der Waals surface area contributed by atoms with E-state index in [1.165, 1.54) is 44.9 Å². The van der Waals surface area contributed by atoms with Gasteiger partial charge >= 0.3 is 0 Å². The highest BCUT2D eigenvalue weighted by molar-refractivity contribution is 7.80. The molecule has 0 rings (SSSR count). The van der Waals surface area contributed by atoms with Crippen molar-refractivity contribution in [2.75, 3.05) is 5.75 Å². The fraction of sp³-hybridized carbons (Fsp3) is 0.818. The first-order valence-corrected chi connectivity index (χ1v) is 5.59. The second-order valence-electron chi connectivity index (χ2n) is 3.15. The average Bonchev–Trinajstić information content (AvgIpc) is 2.10. The molecule has 0 N–H and O–H groups in total. The molecule has 1 heteroatoms. The number of unbranched alkanes of at least 4 members (excludes halogenated alkanes) is 7. The zero-order valence-corrected chi connectivity index (χ0v) is 8.78. The number of hydrogen-bond acceptors (Lipinski definition) is 1. The van der Waals surface area contributed by atoms with Crippen LogP contribution in [0.5, 0.6) is 0 Å². The minimum atomic E-state index is 0.955. The fourth-order valence-corrected chi connectivity index (χ4v) is 1.45. The van der Waals surface area contributed by atoms with Crippen LogP contribution in [0.4, 0.5) is 0 Å². The molecule has 0 unspecified atom stereocenters. The Hall–Kier alpha value is -0.0900. The molecule has 0 spiro atoms. The van der Waals surface area contributed by atoms with Crippen molar-refractivity contribution in [3.63, 3.8) is 0 Å². The predicted octanol–water partition coefficient (Wildman–Crippen LogP) is 3.67. The van der Waals surface area contributed by atoms with E-state index < -0.39 is 0 Å². The monoisotopic (exact) mass is 184 g/mol. The molecule has 0 radical (unpaired) electrons. The van der Waals surface area contributed by atoms with Crippen LogP contribution >= 0.6 is 12.6 Å². The summed E-state index contributed by atoms with van der Waals surface area (Å²) in [5.41, 5.74) is 0. The molecule has 0 bridgehead atoms. The van der Waals surface area contributed by atoms with Gasteiger partial charge in [-0.1, -0.05) is 32.1 Å². The quantitative estimate of drug-likeness (QED) is 0.332. The topological polar surface area (TPSA) is 0 Å². The largest absolute Gasteiger partial charge is 0.179 e. The van der Waals surface area contributed by atoms with Crippen LogP contribution in [-0.2, 0) is 0 Å². The van der Waals surface area contributed by atoms with Crippen LogP contribution in [0.2, 0.25) is 0 Å². The smallest absolute Gasteiger partial charge is 0.00860 e. The van der Waals surface area contributed by atoms with Gasteiger partial charge in [-0.05, 0) is 18.6 Å². The Kier molecular flexibility index (Phi) is 10.8. The van der Waals surface area contributed by atoms with Crippen molar-refractivity contribution in [3.05, 3.63) is 0 Å². The predicted molar refractivity (Wildman–Crippen MR) is 59.6 cm³/mol. The molecule has 70 valence electrons. The van der Waals surface area contributed by atoms with Crippen molar-refractivity contribution in [1.82, 2.24) is 0 Å². The van der Waals surface area contributed by atoms with Gasteiger partial charge in [0.15, 0.2) is 0 Å². The van der Waals surface area contributed by atoms with Crippen LogP contribution in [0.3, 0.4) is 0 Å². The Morgan fingerprint density at radius 2 is 1.33 bits per heavy atom. The lowest BCUT2D eigenvalue weighted by molar-refractivity contribution is 0.595. The van der Waals surface area contributed by atoms with E-state index >= 15 is 0 Å². The maximum Gasteiger partial charge on any atom is 0.00860 e. The number of terminal acetylenes is 1. The number of rotatable bonds is 8. The van der Waals surface area contributed by atoms with Gasteiger partial charge in [0.1, 0.15) is 0 Å². The molecule has 0 aliphatic carbocycles. The summed E-state index contributed by atoms with van der Waals surface area (Å²) in [5, 5.41) is 0. The van der Waals surface area contributed by atoms with Gasteiger partial charge < -0.3 is 0 Å². The van der Waals surface area contributed by atoms with Crippen molar-refractivity contribution < 1.29 is 0 Å². The van der Waals surface area contributed by atoms with Gasteiger partial charge in [-0.15, -0.1) is 12.3 Å². The molecular formula is C11H20S. The van der Waals surface area contributed by atoms with Crippen molar-refractivity contribution in [2.45, 2.75) is 51.4 Å². The molecule has 0 fully saturated rings. The van der Waals surface area contributed by atoms with E-state index in [-0.39, 0.29) is 0 Å². The van der Waals surface area contributed by atoms with Gasteiger partial charge in [0.25, 0.3) is 0 Å². The van der Waals surface area contributed by atoms with Crippen molar-refractivity contribution >= 4 is 12.6 Å². The maximum atomic E-state index is 5.15.